The zero-order valence-corrected chi connectivity index (χ0v) is 29.6. The molecular weight excluding hydrogens is 670 g/mol. The highest BCUT2D eigenvalue weighted by molar-refractivity contribution is 6.22. The van der Waals surface area contributed by atoms with Gasteiger partial charge in [0.15, 0.2) is 0 Å². The molecule has 268 valence electrons. The lowest BCUT2D eigenvalue weighted by Crippen LogP contribution is -2.53. The molecule has 2 N–H and O–H groups in total. The summed E-state index contributed by atoms with van der Waals surface area (Å²) in [6.45, 7) is 5.75. The molecule has 4 amide bonds. The molecule has 0 spiro atoms. The van der Waals surface area contributed by atoms with Crippen molar-refractivity contribution in [3.05, 3.63) is 131 Å². The van der Waals surface area contributed by atoms with E-state index in [1.807, 2.05) is 55.5 Å². The number of methoxy groups -OCH3 is 2. The second kappa shape index (κ2) is 12.8. The monoisotopic (exact) mass is 709 g/mol. The molecule has 4 aromatic carbocycles. The number of anilines is 2. The van der Waals surface area contributed by atoms with Gasteiger partial charge in [-0.15, -0.1) is 0 Å². The molecule has 2 aliphatic heterocycles. The van der Waals surface area contributed by atoms with Gasteiger partial charge in [0.2, 0.25) is 11.8 Å². The number of aryl methyl sites for hydroxylation is 1. The summed E-state index contributed by atoms with van der Waals surface area (Å²) in [6, 6.07) is 26.7. The zero-order chi connectivity index (χ0) is 37.2. The van der Waals surface area contributed by atoms with E-state index < -0.39 is 46.8 Å². The summed E-state index contributed by atoms with van der Waals surface area (Å²) in [4.78, 5) is 60.3. The number of carbonyl (C=O) groups is 4. The maximum absolute atomic E-state index is 15.4. The quantitative estimate of drug-likeness (QED) is 0.156. The molecule has 0 radical (unpaired) electrons. The fourth-order valence-electron chi connectivity index (χ4n) is 9.24. The topological polar surface area (TPSA) is 125 Å². The number of imide groups is 2. The Morgan fingerprint density at radius 3 is 2.25 bits per heavy atom. The number of nitrogens with zero attached hydrogens (tertiary/aromatic N) is 2. The molecule has 53 heavy (non-hydrogen) atoms. The average molecular weight is 710 g/mol. The minimum Gasteiger partial charge on any atom is -0.507 e. The number of carbonyl (C=O) groups excluding carboxylic acids is 4. The van der Waals surface area contributed by atoms with E-state index >= 15 is 4.79 Å². The molecule has 2 aliphatic carbocycles. The Hall–Kier alpha value is -6.16. The van der Waals surface area contributed by atoms with E-state index in [1.165, 1.54) is 25.2 Å². The first-order valence-corrected chi connectivity index (χ1v) is 17.7. The van der Waals surface area contributed by atoms with Crippen molar-refractivity contribution < 1.29 is 33.8 Å². The molecule has 2 saturated heterocycles. The van der Waals surface area contributed by atoms with Gasteiger partial charge in [0, 0.05) is 23.6 Å². The van der Waals surface area contributed by atoms with Crippen molar-refractivity contribution in [1.29, 1.82) is 0 Å². The van der Waals surface area contributed by atoms with Gasteiger partial charge < -0.3 is 14.6 Å². The van der Waals surface area contributed by atoms with Gasteiger partial charge in [-0.2, -0.15) is 5.01 Å². The molecule has 6 atom stereocenters. The molecule has 8 rings (SSSR count). The number of hydrogen-bond donors (Lipinski definition) is 2. The molecular formula is C43H39N3O7. The van der Waals surface area contributed by atoms with Crippen molar-refractivity contribution in [2.75, 3.05) is 24.5 Å². The van der Waals surface area contributed by atoms with E-state index in [4.69, 9.17) is 9.47 Å². The van der Waals surface area contributed by atoms with Crippen LogP contribution in [-0.4, -0.2) is 48.0 Å². The number of aromatic hydroxyl groups is 1. The maximum atomic E-state index is 15.4. The molecule has 0 aromatic heterocycles. The Morgan fingerprint density at radius 2 is 1.58 bits per heavy atom. The number of ether oxygens (including phenoxy) is 2. The summed E-state index contributed by atoms with van der Waals surface area (Å²) in [5.74, 6) is -5.26. The van der Waals surface area contributed by atoms with Crippen LogP contribution in [0.15, 0.2) is 109 Å². The van der Waals surface area contributed by atoms with Crippen LogP contribution < -0.4 is 19.8 Å². The van der Waals surface area contributed by atoms with Crippen LogP contribution in [0.4, 0.5) is 11.4 Å². The highest BCUT2D eigenvalue weighted by Gasteiger charge is 2.71. The molecule has 10 heteroatoms. The molecule has 4 aliphatic rings. The van der Waals surface area contributed by atoms with Crippen molar-refractivity contribution in [2.45, 2.75) is 31.1 Å². The third kappa shape index (κ3) is 4.99. The number of benzene rings is 4. The third-order valence-electron chi connectivity index (χ3n) is 11.6. The zero-order valence-electron chi connectivity index (χ0n) is 29.6. The van der Waals surface area contributed by atoms with Gasteiger partial charge in [0.1, 0.15) is 17.2 Å². The SMILES string of the molecule is C=Cc1ccc(N2C(=O)[C@H]3[C@H](CC=C4[C@H]3C[C@H]3C(=O)N(Nc5ccc(C)cc5)C(=O)[C@@]3(c3ccccc3)[C@H]4c3c(O)cc(OC)cc3OC)C2=O)cc1. The second-order valence-corrected chi connectivity index (χ2v) is 14.2. The van der Waals surface area contributed by atoms with Gasteiger partial charge in [-0.3, -0.25) is 29.5 Å². The van der Waals surface area contributed by atoms with E-state index in [0.29, 0.717) is 33.8 Å². The normalized spacial score (nSPS) is 26.1. The lowest BCUT2D eigenvalue weighted by atomic mass is 9.49. The van der Waals surface area contributed by atoms with Gasteiger partial charge in [-0.05, 0) is 61.1 Å². The first kappa shape index (κ1) is 34.0. The van der Waals surface area contributed by atoms with Gasteiger partial charge in [-0.25, -0.2) is 0 Å². The number of phenolic OH excluding ortho intramolecular Hbond substituents is 1. The Kier molecular flexibility index (Phi) is 8.20. The van der Waals surface area contributed by atoms with Crippen molar-refractivity contribution in [2.24, 2.45) is 23.7 Å². The van der Waals surface area contributed by atoms with E-state index in [0.717, 1.165) is 16.1 Å². The fraction of sp³-hybridized carbons (Fsp3) is 0.256. The Morgan fingerprint density at radius 1 is 0.868 bits per heavy atom. The van der Waals surface area contributed by atoms with Crippen LogP contribution in [0.5, 0.6) is 17.2 Å². The van der Waals surface area contributed by atoms with Crippen LogP contribution in [0, 0.1) is 30.6 Å². The molecule has 2 heterocycles. The van der Waals surface area contributed by atoms with Crippen molar-refractivity contribution in [3.8, 4) is 17.2 Å². The number of fused-ring (bicyclic) bond motifs is 4. The molecule has 10 nitrogen and oxygen atoms in total. The van der Waals surface area contributed by atoms with Crippen molar-refractivity contribution in [3.63, 3.8) is 0 Å². The molecule has 4 aromatic rings. The van der Waals surface area contributed by atoms with Crippen molar-refractivity contribution >= 4 is 41.1 Å². The lowest BCUT2D eigenvalue weighted by molar-refractivity contribution is -0.138. The highest BCUT2D eigenvalue weighted by Crippen LogP contribution is 2.66. The number of allylic oxidation sites excluding steroid dienone is 2. The van der Waals surface area contributed by atoms with Crippen LogP contribution >= 0.6 is 0 Å². The van der Waals surface area contributed by atoms with Crippen LogP contribution in [0.1, 0.15) is 41.0 Å². The van der Waals surface area contributed by atoms with E-state index in [2.05, 4.69) is 12.0 Å². The summed E-state index contributed by atoms with van der Waals surface area (Å²) < 4.78 is 11.4. The van der Waals surface area contributed by atoms with E-state index in [-0.39, 0.29) is 36.2 Å². The van der Waals surface area contributed by atoms with Gasteiger partial charge in [-0.1, -0.05) is 84.5 Å². The number of hydrazine groups is 1. The van der Waals surface area contributed by atoms with Gasteiger partial charge >= 0.3 is 0 Å². The Bertz CT molecular complexity index is 2200. The largest absolute Gasteiger partial charge is 0.507 e. The number of amides is 4. The van der Waals surface area contributed by atoms with Crippen molar-refractivity contribution in [1.82, 2.24) is 5.01 Å². The predicted octanol–water partition coefficient (Wildman–Crippen LogP) is 6.55. The maximum Gasteiger partial charge on any atom is 0.260 e. The summed E-state index contributed by atoms with van der Waals surface area (Å²) in [7, 11) is 2.94. The minimum atomic E-state index is -1.57. The van der Waals surface area contributed by atoms with Gasteiger partial charge in [0.05, 0.1) is 48.8 Å². The Balaban J connectivity index is 1.34. The molecule has 0 unspecified atom stereocenters. The standard InChI is InChI=1S/C43H39N3O7/c1-5-25-13-17-28(18-14-25)45-39(48)31-20-19-30-32(36(31)41(45)50)23-33-40(49)46(44-27-15-11-24(2)12-16-27)42(51)43(33,26-9-7-6-8-10-26)38(30)37-34(47)21-29(52-3)22-35(37)53-4/h5-19,21-22,31-33,36,38,44,47H,1,20,23H2,2-4H3/t31-,32+,33-,36-,38+,43+/m0/s1. The first-order valence-electron chi connectivity index (χ1n) is 17.7. The number of phenols is 1. The minimum absolute atomic E-state index is 0.122. The van der Waals surface area contributed by atoms with Gasteiger partial charge in [0.25, 0.3) is 11.8 Å². The first-order chi connectivity index (χ1) is 25.6. The number of nitrogens with one attached hydrogen (secondary N) is 1. The number of hydrogen-bond acceptors (Lipinski definition) is 8. The van der Waals surface area contributed by atoms with E-state index in [1.54, 1.807) is 48.5 Å². The summed E-state index contributed by atoms with van der Waals surface area (Å²) in [5, 5.41) is 13.0. The summed E-state index contributed by atoms with van der Waals surface area (Å²) in [6.07, 6.45) is 4.00. The smallest absolute Gasteiger partial charge is 0.260 e. The van der Waals surface area contributed by atoms with Crippen LogP contribution in [0.25, 0.3) is 6.08 Å². The second-order valence-electron chi connectivity index (χ2n) is 14.2. The number of rotatable bonds is 8. The van der Waals surface area contributed by atoms with Crippen LogP contribution in [0.3, 0.4) is 0 Å². The predicted molar refractivity (Wildman–Crippen MR) is 199 cm³/mol. The lowest BCUT2D eigenvalue weighted by Gasteiger charge is -2.50. The Labute approximate surface area is 307 Å². The molecule has 1 saturated carbocycles. The fourth-order valence-corrected chi connectivity index (χ4v) is 9.24. The van der Waals surface area contributed by atoms with Crippen LogP contribution in [0.2, 0.25) is 0 Å². The summed E-state index contributed by atoms with van der Waals surface area (Å²) >= 11 is 0. The average Bonchev–Trinajstić information content (AvgIpc) is 3.56. The van der Waals surface area contributed by atoms with Crippen LogP contribution in [-0.2, 0) is 24.6 Å². The summed E-state index contributed by atoms with van der Waals surface area (Å²) in [5.41, 5.74) is 5.98. The molecule has 3 fully saturated rings. The highest BCUT2D eigenvalue weighted by atomic mass is 16.5. The van der Waals surface area contributed by atoms with E-state index in [9.17, 15) is 19.5 Å². The molecule has 0 bridgehead atoms. The third-order valence-corrected chi connectivity index (χ3v) is 11.6.